The third-order valence-corrected chi connectivity index (χ3v) is 6.30. The number of Topliss-reactive ketones (excluding diaryl/α,β-unsaturated/α-hetero) is 1. The van der Waals surface area contributed by atoms with E-state index in [1.54, 1.807) is 20.8 Å². The van der Waals surface area contributed by atoms with Gasteiger partial charge in [-0.1, -0.05) is 67.2 Å². The summed E-state index contributed by atoms with van der Waals surface area (Å²) in [4.78, 5) is 50.2. The first-order valence-corrected chi connectivity index (χ1v) is 13.9. The van der Waals surface area contributed by atoms with Gasteiger partial charge in [0, 0.05) is 24.1 Å². The van der Waals surface area contributed by atoms with Crippen LogP contribution >= 0.6 is 0 Å². The van der Waals surface area contributed by atoms with Crippen molar-refractivity contribution in [2.75, 3.05) is 0 Å². The summed E-state index contributed by atoms with van der Waals surface area (Å²) in [6.45, 7) is 9.04. The quantitative estimate of drug-likeness (QED) is 0.114. The molecule has 0 fully saturated rings. The van der Waals surface area contributed by atoms with Crippen molar-refractivity contribution in [1.29, 1.82) is 0 Å². The SMILES string of the molecule is C=C([C]=Cc1ccc([N+](=O)[O-])cc1)C(=O)[C@H](CCc1ccccc1)NC(=O)[C@H](Cc1ccccc1)NC(=O)OC(C)(C)C. The number of hydrogen-bond acceptors (Lipinski definition) is 6. The highest BCUT2D eigenvalue weighted by Gasteiger charge is 2.29. The second kappa shape index (κ2) is 15.3. The average molecular weight is 583 g/mol. The van der Waals surface area contributed by atoms with Crippen molar-refractivity contribution in [3.8, 4) is 0 Å². The van der Waals surface area contributed by atoms with Crippen LogP contribution in [0.15, 0.2) is 97.1 Å². The predicted octanol–water partition coefficient (Wildman–Crippen LogP) is 5.79. The van der Waals surface area contributed by atoms with Gasteiger partial charge in [-0.3, -0.25) is 19.7 Å². The molecule has 0 unspecified atom stereocenters. The Balaban J connectivity index is 1.81. The molecule has 43 heavy (non-hydrogen) atoms. The Labute approximate surface area is 251 Å². The summed E-state index contributed by atoms with van der Waals surface area (Å²) < 4.78 is 5.38. The molecule has 0 aliphatic carbocycles. The second-order valence-electron chi connectivity index (χ2n) is 11.0. The Morgan fingerprint density at radius 1 is 0.907 bits per heavy atom. The van der Waals surface area contributed by atoms with E-state index in [0.717, 1.165) is 11.1 Å². The number of non-ortho nitro benzene ring substituents is 1. The van der Waals surface area contributed by atoms with Crippen molar-refractivity contribution >= 4 is 29.5 Å². The first-order valence-electron chi connectivity index (χ1n) is 13.9. The number of allylic oxidation sites excluding steroid dienone is 1. The number of nitrogens with zero attached hydrogens (tertiary/aromatic N) is 1. The maximum absolute atomic E-state index is 13.6. The molecular weight excluding hydrogens is 546 g/mol. The first-order chi connectivity index (χ1) is 20.4. The molecule has 0 spiro atoms. The third-order valence-electron chi connectivity index (χ3n) is 6.30. The minimum absolute atomic E-state index is 0.0245. The van der Waals surface area contributed by atoms with Gasteiger partial charge in [0.1, 0.15) is 11.6 Å². The van der Waals surface area contributed by atoms with Gasteiger partial charge in [0.2, 0.25) is 5.91 Å². The van der Waals surface area contributed by atoms with E-state index in [0.29, 0.717) is 12.0 Å². The highest BCUT2D eigenvalue weighted by Crippen LogP contribution is 2.15. The number of nitro groups is 1. The summed E-state index contributed by atoms with van der Waals surface area (Å²) in [5.74, 6) is -0.994. The first kappa shape index (κ1) is 32.5. The van der Waals surface area contributed by atoms with Crippen LogP contribution in [-0.4, -0.2) is 40.4 Å². The zero-order chi connectivity index (χ0) is 31.4. The summed E-state index contributed by atoms with van der Waals surface area (Å²) in [5, 5.41) is 16.4. The molecule has 0 bridgehead atoms. The lowest BCUT2D eigenvalue weighted by atomic mass is 9.96. The summed E-state index contributed by atoms with van der Waals surface area (Å²) in [5.41, 5.74) is 1.59. The van der Waals surface area contributed by atoms with E-state index < -0.39 is 40.4 Å². The number of ketones is 1. The number of alkyl carbamates (subject to hydrolysis) is 1. The van der Waals surface area contributed by atoms with E-state index in [4.69, 9.17) is 4.74 Å². The Bertz CT molecular complexity index is 1440. The summed E-state index contributed by atoms with van der Waals surface area (Å²) in [6, 6.07) is 22.5. The number of carbonyl (C=O) groups is 3. The van der Waals surface area contributed by atoms with E-state index in [9.17, 15) is 24.5 Å². The zero-order valence-corrected chi connectivity index (χ0v) is 24.5. The number of nitrogens with one attached hydrogen (secondary N) is 2. The second-order valence-corrected chi connectivity index (χ2v) is 11.0. The standard InChI is InChI=1S/C34H36N3O6/c1-24(15-16-26-17-20-28(21-18-26)37(41)42)31(38)29(22-19-25-11-7-5-8-12-25)35-32(39)30(23-27-13-9-6-10-14-27)36-33(40)43-34(2,3)4/h5-14,16-18,20-21,29-30H,1,19,22-23H2,2-4H3,(H,35,39)(H,36,40)/t29-,30-/m0/s1. The molecule has 1 radical (unpaired) electrons. The molecule has 2 atom stereocenters. The van der Waals surface area contributed by atoms with Crippen LogP contribution in [0.5, 0.6) is 0 Å². The summed E-state index contributed by atoms with van der Waals surface area (Å²) in [6.07, 6.45) is 4.55. The molecular formula is C34H36N3O6. The molecule has 0 heterocycles. The normalized spacial score (nSPS) is 12.6. The molecule has 0 aromatic heterocycles. The topological polar surface area (TPSA) is 128 Å². The molecule has 0 aliphatic heterocycles. The Morgan fingerprint density at radius 3 is 2.05 bits per heavy atom. The van der Waals surface area contributed by atoms with Gasteiger partial charge >= 0.3 is 6.09 Å². The van der Waals surface area contributed by atoms with Gasteiger partial charge in [0.15, 0.2) is 5.78 Å². The predicted molar refractivity (Wildman–Crippen MR) is 165 cm³/mol. The van der Waals surface area contributed by atoms with Crippen molar-refractivity contribution in [3.05, 3.63) is 130 Å². The fraction of sp³-hybridized carbons (Fsp3) is 0.265. The fourth-order valence-electron chi connectivity index (χ4n) is 4.15. The Kier molecular flexibility index (Phi) is 11.5. The number of aryl methyl sites for hydroxylation is 1. The smallest absolute Gasteiger partial charge is 0.408 e. The van der Waals surface area contributed by atoms with Crippen molar-refractivity contribution < 1.29 is 24.0 Å². The number of amides is 2. The molecule has 2 amide bonds. The van der Waals surface area contributed by atoms with Crippen LogP contribution in [-0.2, 0) is 27.2 Å². The van der Waals surface area contributed by atoms with Crippen LogP contribution in [0.25, 0.3) is 6.08 Å². The average Bonchev–Trinajstić information content (AvgIpc) is 2.97. The zero-order valence-electron chi connectivity index (χ0n) is 24.5. The number of hydrogen-bond donors (Lipinski definition) is 2. The number of nitro benzene ring substituents is 1. The van der Waals surface area contributed by atoms with Gasteiger partial charge in [-0.2, -0.15) is 0 Å². The lowest BCUT2D eigenvalue weighted by Gasteiger charge is -2.25. The number of ether oxygens (including phenoxy) is 1. The van der Waals surface area contributed by atoms with Crippen LogP contribution in [0.4, 0.5) is 10.5 Å². The molecule has 0 saturated carbocycles. The molecule has 3 aromatic carbocycles. The van der Waals surface area contributed by atoms with Gasteiger partial charge in [0.05, 0.1) is 11.0 Å². The maximum atomic E-state index is 13.6. The Morgan fingerprint density at radius 2 is 1.49 bits per heavy atom. The number of benzene rings is 3. The van der Waals surface area contributed by atoms with Gasteiger partial charge < -0.3 is 15.4 Å². The van der Waals surface area contributed by atoms with Crippen LogP contribution in [0, 0.1) is 16.2 Å². The largest absolute Gasteiger partial charge is 0.444 e. The Hall–Kier alpha value is -5.05. The highest BCUT2D eigenvalue weighted by molar-refractivity contribution is 6.03. The lowest BCUT2D eigenvalue weighted by molar-refractivity contribution is -0.384. The minimum atomic E-state index is -1.02. The third kappa shape index (κ3) is 11.0. The van der Waals surface area contributed by atoms with Crippen molar-refractivity contribution in [1.82, 2.24) is 10.6 Å². The minimum Gasteiger partial charge on any atom is -0.444 e. The van der Waals surface area contributed by atoms with Crippen LogP contribution < -0.4 is 10.6 Å². The summed E-state index contributed by atoms with van der Waals surface area (Å²) >= 11 is 0. The van der Waals surface area contributed by atoms with Gasteiger partial charge in [-0.05, 0) is 74.6 Å². The van der Waals surface area contributed by atoms with Gasteiger partial charge in [-0.25, -0.2) is 4.79 Å². The molecule has 2 N–H and O–H groups in total. The summed E-state index contributed by atoms with van der Waals surface area (Å²) in [7, 11) is 0. The van der Waals surface area contributed by atoms with Crippen LogP contribution in [0.3, 0.4) is 0 Å². The van der Waals surface area contributed by atoms with Crippen LogP contribution in [0.2, 0.25) is 0 Å². The molecule has 223 valence electrons. The molecule has 3 aromatic rings. The van der Waals surface area contributed by atoms with Crippen molar-refractivity contribution in [2.24, 2.45) is 0 Å². The number of rotatable bonds is 13. The monoisotopic (exact) mass is 582 g/mol. The van der Waals surface area contributed by atoms with Gasteiger partial charge in [0.25, 0.3) is 5.69 Å². The van der Waals surface area contributed by atoms with E-state index in [-0.39, 0.29) is 24.1 Å². The van der Waals surface area contributed by atoms with Gasteiger partial charge in [-0.15, -0.1) is 0 Å². The fourth-order valence-corrected chi connectivity index (χ4v) is 4.15. The molecule has 0 aliphatic rings. The highest BCUT2D eigenvalue weighted by atomic mass is 16.6. The van der Waals surface area contributed by atoms with E-state index in [2.05, 4.69) is 23.3 Å². The molecule has 3 rings (SSSR count). The van der Waals surface area contributed by atoms with E-state index >= 15 is 0 Å². The van der Waals surface area contributed by atoms with Crippen molar-refractivity contribution in [3.63, 3.8) is 0 Å². The number of carbonyl (C=O) groups excluding carboxylic acids is 3. The van der Waals surface area contributed by atoms with E-state index in [1.807, 2.05) is 60.7 Å². The molecule has 9 nitrogen and oxygen atoms in total. The molecule has 0 saturated heterocycles. The maximum Gasteiger partial charge on any atom is 0.408 e. The lowest BCUT2D eigenvalue weighted by Crippen LogP contribution is -2.53. The van der Waals surface area contributed by atoms with Crippen molar-refractivity contribution in [2.45, 2.75) is 57.7 Å². The molecule has 9 heteroatoms. The van der Waals surface area contributed by atoms with Crippen LogP contribution in [0.1, 0.15) is 43.9 Å². The van der Waals surface area contributed by atoms with E-state index in [1.165, 1.54) is 30.3 Å².